The summed E-state index contributed by atoms with van der Waals surface area (Å²) in [5.41, 5.74) is -1.15. The number of rotatable bonds is 6. The van der Waals surface area contributed by atoms with Crippen molar-refractivity contribution >= 4 is 11.9 Å². The summed E-state index contributed by atoms with van der Waals surface area (Å²) in [6.07, 6.45) is 1.79. The van der Waals surface area contributed by atoms with E-state index in [0.717, 1.165) is 32.6 Å². The second-order valence-corrected chi connectivity index (χ2v) is 6.77. The highest BCUT2D eigenvalue weighted by atomic mass is 16.5. The molecule has 0 aromatic rings. The van der Waals surface area contributed by atoms with Crippen LogP contribution in [0.5, 0.6) is 0 Å². The first-order chi connectivity index (χ1) is 10.9. The van der Waals surface area contributed by atoms with Gasteiger partial charge in [0.15, 0.2) is 0 Å². The molecule has 0 aliphatic carbocycles. The minimum atomic E-state index is -1.15. The van der Waals surface area contributed by atoms with Gasteiger partial charge in [0, 0.05) is 64.7 Å². The number of ether oxygens (including phenoxy) is 1. The lowest BCUT2D eigenvalue weighted by Gasteiger charge is -2.37. The van der Waals surface area contributed by atoms with Crippen LogP contribution in [-0.4, -0.2) is 84.8 Å². The van der Waals surface area contributed by atoms with Crippen LogP contribution in [0.2, 0.25) is 0 Å². The van der Waals surface area contributed by atoms with Gasteiger partial charge in [-0.3, -0.25) is 9.69 Å². The highest BCUT2D eigenvalue weighted by molar-refractivity contribution is 5.87. The molecule has 132 valence electrons. The van der Waals surface area contributed by atoms with Gasteiger partial charge in [0.2, 0.25) is 5.91 Å². The molecule has 0 aromatic heterocycles. The summed E-state index contributed by atoms with van der Waals surface area (Å²) < 4.78 is 5.22. The Kier molecular flexibility index (Phi) is 6.38. The van der Waals surface area contributed by atoms with E-state index in [9.17, 15) is 14.7 Å². The Morgan fingerprint density at radius 3 is 2.39 bits per heavy atom. The van der Waals surface area contributed by atoms with E-state index in [0.29, 0.717) is 38.5 Å². The van der Waals surface area contributed by atoms with Gasteiger partial charge in [-0.2, -0.15) is 0 Å². The first kappa shape index (κ1) is 18.2. The smallest absolute Gasteiger partial charge is 0.329 e. The van der Waals surface area contributed by atoms with Gasteiger partial charge in [-0.15, -0.1) is 0 Å². The third-order valence-electron chi connectivity index (χ3n) is 5.08. The summed E-state index contributed by atoms with van der Waals surface area (Å²) in [5.74, 6) is -1.13. The van der Waals surface area contributed by atoms with E-state index in [4.69, 9.17) is 4.74 Å². The van der Waals surface area contributed by atoms with Crippen molar-refractivity contribution in [2.75, 3.05) is 46.4 Å². The third kappa shape index (κ3) is 4.89. The molecule has 1 amide bonds. The van der Waals surface area contributed by atoms with Crippen LogP contribution in [0.25, 0.3) is 0 Å². The molecule has 0 radical (unpaired) electrons. The number of hydrogen-bond acceptors (Lipinski definition) is 5. The van der Waals surface area contributed by atoms with Crippen molar-refractivity contribution in [3.63, 3.8) is 0 Å². The molecule has 2 N–H and O–H groups in total. The molecule has 2 aliphatic rings. The minimum absolute atomic E-state index is 0.171. The van der Waals surface area contributed by atoms with Crippen molar-refractivity contribution in [1.82, 2.24) is 15.1 Å². The van der Waals surface area contributed by atoms with E-state index in [1.165, 1.54) is 0 Å². The maximum atomic E-state index is 12.2. The lowest BCUT2D eigenvalue weighted by Crippen LogP contribution is -2.57. The molecule has 2 rings (SSSR count). The van der Waals surface area contributed by atoms with E-state index in [2.05, 4.69) is 29.1 Å². The zero-order valence-electron chi connectivity index (χ0n) is 14.2. The molecule has 7 nitrogen and oxygen atoms in total. The van der Waals surface area contributed by atoms with Crippen molar-refractivity contribution in [2.24, 2.45) is 0 Å². The van der Waals surface area contributed by atoms with Crippen LogP contribution in [0.1, 0.15) is 32.6 Å². The summed E-state index contributed by atoms with van der Waals surface area (Å²) in [6.45, 7) is 7.05. The summed E-state index contributed by atoms with van der Waals surface area (Å²) in [6, 6.07) is 0.338. The lowest BCUT2D eigenvalue weighted by atomic mass is 9.90. The molecule has 1 atom stereocenters. The summed E-state index contributed by atoms with van der Waals surface area (Å²) >= 11 is 0. The second-order valence-electron chi connectivity index (χ2n) is 6.77. The second kappa shape index (κ2) is 8.08. The van der Waals surface area contributed by atoms with E-state index in [1.54, 1.807) is 0 Å². The fraction of sp³-hybridized carbons (Fsp3) is 0.875. The monoisotopic (exact) mass is 327 g/mol. The molecule has 1 unspecified atom stereocenters. The standard InChI is InChI=1S/C16H29N3O4/c1-13(19-9-7-18(2)8-10-19)3-4-14(20)17-16(15(21)22)5-11-23-12-6-16/h13H,3-12H2,1-2H3,(H,17,20)(H,21,22). The van der Waals surface area contributed by atoms with E-state index < -0.39 is 11.5 Å². The van der Waals surface area contributed by atoms with Crippen LogP contribution in [0.3, 0.4) is 0 Å². The van der Waals surface area contributed by atoms with Crippen molar-refractivity contribution in [3.8, 4) is 0 Å². The Hall–Kier alpha value is -1.18. The van der Waals surface area contributed by atoms with Gasteiger partial charge >= 0.3 is 5.97 Å². The Morgan fingerprint density at radius 2 is 1.83 bits per heavy atom. The zero-order valence-corrected chi connectivity index (χ0v) is 14.2. The number of piperazine rings is 1. The van der Waals surface area contributed by atoms with Gasteiger partial charge in [-0.25, -0.2) is 4.79 Å². The number of carboxylic acid groups (broad SMARTS) is 1. The van der Waals surface area contributed by atoms with Gasteiger partial charge in [0.25, 0.3) is 0 Å². The number of hydrogen-bond donors (Lipinski definition) is 2. The van der Waals surface area contributed by atoms with Crippen molar-refractivity contribution in [1.29, 1.82) is 0 Å². The third-order valence-corrected chi connectivity index (χ3v) is 5.08. The Labute approximate surface area is 138 Å². The van der Waals surface area contributed by atoms with Crippen molar-refractivity contribution in [3.05, 3.63) is 0 Å². The zero-order chi connectivity index (χ0) is 16.9. The lowest BCUT2D eigenvalue weighted by molar-refractivity contribution is -0.152. The minimum Gasteiger partial charge on any atom is -0.480 e. The fourth-order valence-electron chi connectivity index (χ4n) is 3.23. The fourth-order valence-corrected chi connectivity index (χ4v) is 3.23. The van der Waals surface area contributed by atoms with Crippen LogP contribution in [-0.2, 0) is 14.3 Å². The summed E-state index contributed by atoms with van der Waals surface area (Å²) in [5, 5.41) is 12.2. The van der Waals surface area contributed by atoms with Crippen LogP contribution in [0.4, 0.5) is 0 Å². The molecule has 23 heavy (non-hydrogen) atoms. The Bertz CT molecular complexity index is 416. The van der Waals surface area contributed by atoms with E-state index in [-0.39, 0.29) is 5.91 Å². The number of carbonyl (C=O) groups excluding carboxylic acids is 1. The molecule has 2 fully saturated rings. The van der Waals surface area contributed by atoms with Gasteiger partial charge in [0.1, 0.15) is 5.54 Å². The predicted molar refractivity (Wildman–Crippen MR) is 86.3 cm³/mol. The molecule has 0 aromatic carbocycles. The SMILES string of the molecule is CC(CCC(=O)NC1(C(=O)O)CCOCC1)N1CCN(C)CC1. The number of carbonyl (C=O) groups is 2. The maximum Gasteiger partial charge on any atom is 0.329 e. The van der Waals surface area contributed by atoms with E-state index in [1.807, 2.05) is 0 Å². The van der Waals surface area contributed by atoms with Crippen molar-refractivity contribution in [2.45, 2.75) is 44.2 Å². The van der Waals surface area contributed by atoms with Gasteiger partial charge in [-0.1, -0.05) is 0 Å². The highest BCUT2D eigenvalue weighted by Crippen LogP contribution is 2.21. The summed E-state index contributed by atoms with van der Waals surface area (Å²) in [4.78, 5) is 28.5. The summed E-state index contributed by atoms with van der Waals surface area (Å²) in [7, 11) is 2.12. The van der Waals surface area contributed by atoms with Crippen LogP contribution >= 0.6 is 0 Å². The molecule has 2 heterocycles. The predicted octanol–water partition coefficient (Wildman–Crippen LogP) is 0.153. The van der Waals surface area contributed by atoms with Crippen LogP contribution in [0, 0.1) is 0 Å². The largest absolute Gasteiger partial charge is 0.480 e. The molecule has 2 aliphatic heterocycles. The van der Waals surface area contributed by atoms with Crippen LogP contribution < -0.4 is 5.32 Å². The molecule has 0 bridgehead atoms. The number of nitrogens with zero attached hydrogens (tertiary/aromatic N) is 2. The number of aliphatic carboxylic acids is 1. The number of carboxylic acids is 1. The maximum absolute atomic E-state index is 12.2. The number of amides is 1. The molecule has 2 saturated heterocycles. The molecular formula is C16H29N3O4. The normalized spacial score (nSPS) is 24.1. The Morgan fingerprint density at radius 1 is 1.22 bits per heavy atom. The first-order valence-electron chi connectivity index (χ1n) is 8.48. The van der Waals surface area contributed by atoms with Crippen LogP contribution in [0.15, 0.2) is 0 Å². The first-order valence-corrected chi connectivity index (χ1v) is 8.48. The van der Waals surface area contributed by atoms with Crippen molar-refractivity contribution < 1.29 is 19.4 Å². The average Bonchev–Trinajstić information content (AvgIpc) is 2.54. The number of likely N-dealkylation sites (N-methyl/N-ethyl adjacent to an activating group) is 1. The van der Waals surface area contributed by atoms with Gasteiger partial charge < -0.3 is 20.1 Å². The number of nitrogens with one attached hydrogen (secondary N) is 1. The molecule has 7 heteroatoms. The quantitative estimate of drug-likeness (QED) is 0.723. The molecule has 0 spiro atoms. The average molecular weight is 327 g/mol. The molecular weight excluding hydrogens is 298 g/mol. The Balaban J connectivity index is 1.78. The highest BCUT2D eigenvalue weighted by Gasteiger charge is 2.41. The van der Waals surface area contributed by atoms with E-state index >= 15 is 0 Å². The van der Waals surface area contributed by atoms with Gasteiger partial charge in [-0.05, 0) is 20.4 Å². The molecule has 0 saturated carbocycles. The topological polar surface area (TPSA) is 82.1 Å². The van der Waals surface area contributed by atoms with Gasteiger partial charge in [0.05, 0.1) is 0 Å².